The van der Waals surface area contributed by atoms with Crippen molar-refractivity contribution in [2.75, 3.05) is 20.3 Å². The van der Waals surface area contributed by atoms with Gasteiger partial charge in [0.2, 0.25) is 0 Å². The van der Waals surface area contributed by atoms with Crippen LogP contribution in [0.4, 0.5) is 0 Å². The number of ether oxygens (including phenoxy) is 1. The van der Waals surface area contributed by atoms with Crippen molar-refractivity contribution < 1.29 is 9.53 Å². The van der Waals surface area contributed by atoms with Crippen LogP contribution in [-0.2, 0) is 4.74 Å². The van der Waals surface area contributed by atoms with Gasteiger partial charge in [0.1, 0.15) is 0 Å². The number of hydrazine groups is 1. The van der Waals surface area contributed by atoms with Crippen molar-refractivity contribution in [3.8, 4) is 0 Å². The van der Waals surface area contributed by atoms with Gasteiger partial charge in [0, 0.05) is 38.2 Å². The molecule has 0 aliphatic heterocycles. The molecule has 3 N–H and O–H groups in total. The Kier molecular flexibility index (Phi) is 6.67. The standard InChI is InChI=1S/C11H16N4O2S/c1-17-8-2-5-13-11(18)15-14-10(16)9-3-6-12-7-4-9/h3-4,6-7H,2,5,8H2,1H3,(H,14,16)(H2,13,15,18). The van der Waals surface area contributed by atoms with Gasteiger partial charge in [0.05, 0.1) is 0 Å². The number of rotatable bonds is 5. The molecule has 18 heavy (non-hydrogen) atoms. The molecule has 0 atom stereocenters. The molecule has 0 saturated heterocycles. The van der Waals surface area contributed by atoms with Gasteiger partial charge in [-0.1, -0.05) is 0 Å². The molecule has 6 nitrogen and oxygen atoms in total. The SMILES string of the molecule is COCCCNC(=S)NNC(=O)c1ccncc1. The number of nitrogens with zero attached hydrogens (tertiary/aromatic N) is 1. The number of pyridine rings is 1. The Balaban J connectivity index is 2.20. The van der Waals surface area contributed by atoms with Crippen molar-refractivity contribution in [1.29, 1.82) is 0 Å². The van der Waals surface area contributed by atoms with Crippen LogP contribution >= 0.6 is 12.2 Å². The van der Waals surface area contributed by atoms with Crippen molar-refractivity contribution in [2.24, 2.45) is 0 Å². The fraction of sp³-hybridized carbons (Fsp3) is 0.364. The molecule has 1 amide bonds. The Morgan fingerprint density at radius 1 is 1.39 bits per heavy atom. The quantitative estimate of drug-likeness (QED) is 0.403. The Morgan fingerprint density at radius 3 is 2.78 bits per heavy atom. The van der Waals surface area contributed by atoms with E-state index in [-0.39, 0.29) is 5.91 Å². The summed E-state index contributed by atoms with van der Waals surface area (Å²) in [4.78, 5) is 15.4. The lowest BCUT2D eigenvalue weighted by atomic mass is 10.3. The van der Waals surface area contributed by atoms with E-state index in [1.807, 2.05) is 0 Å². The van der Waals surface area contributed by atoms with Crippen LogP contribution in [0.1, 0.15) is 16.8 Å². The highest BCUT2D eigenvalue weighted by molar-refractivity contribution is 7.80. The van der Waals surface area contributed by atoms with Gasteiger partial charge in [-0.25, -0.2) is 0 Å². The highest BCUT2D eigenvalue weighted by atomic mass is 32.1. The van der Waals surface area contributed by atoms with Crippen LogP contribution in [0.25, 0.3) is 0 Å². The van der Waals surface area contributed by atoms with E-state index >= 15 is 0 Å². The summed E-state index contributed by atoms with van der Waals surface area (Å²) in [6.45, 7) is 1.35. The van der Waals surface area contributed by atoms with Crippen molar-refractivity contribution in [3.05, 3.63) is 30.1 Å². The second-order valence-corrected chi connectivity index (χ2v) is 3.83. The van der Waals surface area contributed by atoms with Crippen LogP contribution in [0.2, 0.25) is 0 Å². The summed E-state index contributed by atoms with van der Waals surface area (Å²) in [5.74, 6) is -0.265. The summed E-state index contributed by atoms with van der Waals surface area (Å²) in [7, 11) is 1.64. The zero-order valence-electron chi connectivity index (χ0n) is 10.1. The van der Waals surface area contributed by atoms with E-state index in [0.717, 1.165) is 6.42 Å². The second-order valence-electron chi connectivity index (χ2n) is 3.42. The number of carbonyl (C=O) groups is 1. The molecule has 0 spiro atoms. The summed E-state index contributed by atoms with van der Waals surface area (Å²) in [6.07, 6.45) is 3.95. The molecular formula is C11H16N4O2S. The van der Waals surface area contributed by atoms with E-state index in [1.54, 1.807) is 31.6 Å². The van der Waals surface area contributed by atoms with Gasteiger partial charge in [-0.2, -0.15) is 0 Å². The van der Waals surface area contributed by atoms with E-state index in [1.165, 1.54) is 0 Å². The molecule has 1 aromatic heterocycles. The van der Waals surface area contributed by atoms with E-state index in [2.05, 4.69) is 21.2 Å². The normalized spacial score (nSPS) is 9.61. The third-order valence-electron chi connectivity index (χ3n) is 2.04. The van der Waals surface area contributed by atoms with Crippen molar-refractivity contribution in [3.63, 3.8) is 0 Å². The number of thiocarbonyl (C=S) groups is 1. The van der Waals surface area contributed by atoms with Crippen LogP contribution in [0.5, 0.6) is 0 Å². The molecule has 0 bridgehead atoms. The van der Waals surface area contributed by atoms with E-state index in [4.69, 9.17) is 17.0 Å². The number of hydrogen-bond donors (Lipinski definition) is 3. The summed E-state index contributed by atoms with van der Waals surface area (Å²) in [5, 5.41) is 3.31. The molecule has 7 heteroatoms. The van der Waals surface area contributed by atoms with Gasteiger partial charge in [-0.3, -0.25) is 20.6 Å². The Hall–Kier alpha value is -1.73. The third-order valence-corrected chi connectivity index (χ3v) is 2.29. The second kappa shape index (κ2) is 8.37. The predicted octanol–water partition coefficient (Wildman–Crippen LogP) is 0.227. The molecule has 98 valence electrons. The molecule has 0 saturated carbocycles. The maximum atomic E-state index is 11.6. The summed E-state index contributed by atoms with van der Waals surface area (Å²) < 4.78 is 4.90. The fourth-order valence-corrected chi connectivity index (χ4v) is 1.30. The smallest absolute Gasteiger partial charge is 0.269 e. The Bertz CT molecular complexity index is 386. The van der Waals surface area contributed by atoms with Crippen LogP contribution in [0.3, 0.4) is 0 Å². The van der Waals surface area contributed by atoms with Crippen molar-refractivity contribution >= 4 is 23.2 Å². The average Bonchev–Trinajstić information content (AvgIpc) is 2.42. The molecular weight excluding hydrogens is 252 g/mol. The maximum absolute atomic E-state index is 11.6. The molecule has 0 aromatic carbocycles. The average molecular weight is 268 g/mol. The molecule has 0 unspecified atom stereocenters. The van der Waals surface area contributed by atoms with Crippen LogP contribution in [0.15, 0.2) is 24.5 Å². The third kappa shape index (κ3) is 5.55. The monoisotopic (exact) mass is 268 g/mol. The number of nitrogens with one attached hydrogen (secondary N) is 3. The van der Waals surface area contributed by atoms with Crippen LogP contribution in [0, 0.1) is 0 Å². The van der Waals surface area contributed by atoms with Gasteiger partial charge in [-0.05, 0) is 30.8 Å². The first-order valence-electron chi connectivity index (χ1n) is 5.47. The Morgan fingerprint density at radius 2 is 2.11 bits per heavy atom. The fourth-order valence-electron chi connectivity index (χ4n) is 1.15. The largest absolute Gasteiger partial charge is 0.385 e. The molecule has 1 heterocycles. The Labute approximate surface area is 111 Å². The topological polar surface area (TPSA) is 75.3 Å². The van der Waals surface area contributed by atoms with E-state index in [0.29, 0.717) is 23.8 Å². The van der Waals surface area contributed by atoms with Crippen LogP contribution in [-0.4, -0.2) is 36.3 Å². The lowest BCUT2D eigenvalue weighted by molar-refractivity contribution is 0.0943. The van der Waals surface area contributed by atoms with Crippen LogP contribution < -0.4 is 16.2 Å². The minimum Gasteiger partial charge on any atom is -0.385 e. The summed E-state index contributed by atoms with van der Waals surface area (Å²) in [5.41, 5.74) is 5.62. The molecule has 0 aliphatic carbocycles. The van der Waals surface area contributed by atoms with E-state index in [9.17, 15) is 4.79 Å². The maximum Gasteiger partial charge on any atom is 0.269 e. The summed E-state index contributed by atoms with van der Waals surface area (Å²) >= 11 is 4.98. The first-order chi connectivity index (χ1) is 8.74. The highest BCUT2D eigenvalue weighted by Crippen LogP contribution is 1.94. The van der Waals surface area contributed by atoms with Gasteiger partial charge >= 0.3 is 0 Å². The first kappa shape index (κ1) is 14.3. The van der Waals surface area contributed by atoms with Gasteiger partial charge in [0.25, 0.3) is 5.91 Å². The molecule has 0 radical (unpaired) electrons. The number of aromatic nitrogens is 1. The highest BCUT2D eigenvalue weighted by Gasteiger charge is 2.04. The van der Waals surface area contributed by atoms with Gasteiger partial charge in [0.15, 0.2) is 5.11 Å². The summed E-state index contributed by atoms with van der Waals surface area (Å²) in [6, 6.07) is 3.23. The number of methoxy groups -OCH3 is 1. The molecule has 0 fully saturated rings. The first-order valence-corrected chi connectivity index (χ1v) is 5.88. The molecule has 1 rings (SSSR count). The number of hydrogen-bond acceptors (Lipinski definition) is 4. The minimum atomic E-state index is -0.265. The minimum absolute atomic E-state index is 0.265. The van der Waals surface area contributed by atoms with Crippen molar-refractivity contribution in [2.45, 2.75) is 6.42 Å². The predicted molar refractivity (Wildman–Crippen MR) is 71.9 cm³/mol. The van der Waals surface area contributed by atoms with Crippen molar-refractivity contribution in [1.82, 2.24) is 21.2 Å². The van der Waals surface area contributed by atoms with Gasteiger partial charge < -0.3 is 10.1 Å². The lowest BCUT2D eigenvalue weighted by Gasteiger charge is -2.11. The molecule has 0 aliphatic rings. The zero-order valence-corrected chi connectivity index (χ0v) is 10.9. The van der Waals surface area contributed by atoms with E-state index < -0.39 is 0 Å². The van der Waals surface area contributed by atoms with Gasteiger partial charge in [-0.15, -0.1) is 0 Å². The molecule has 1 aromatic rings. The lowest BCUT2D eigenvalue weighted by Crippen LogP contribution is -2.47. The number of carbonyl (C=O) groups excluding carboxylic acids is 1. The zero-order chi connectivity index (χ0) is 13.2. The number of amides is 1.